The number of rotatable bonds is 6. The molecule has 0 aromatic heterocycles. The molecule has 0 spiro atoms. The number of fused-ring (bicyclic) bond motifs is 1. The van der Waals surface area contributed by atoms with Gasteiger partial charge in [0.2, 0.25) is 0 Å². The Balaban J connectivity index is 1.55. The lowest BCUT2D eigenvalue weighted by atomic mass is 9.94. The summed E-state index contributed by atoms with van der Waals surface area (Å²) in [4.78, 5) is 14.5. The van der Waals surface area contributed by atoms with E-state index < -0.39 is 0 Å². The van der Waals surface area contributed by atoms with Crippen LogP contribution in [0.5, 0.6) is 0 Å². The van der Waals surface area contributed by atoms with Crippen molar-refractivity contribution in [1.82, 2.24) is 4.90 Å². The quantitative estimate of drug-likeness (QED) is 0.512. The van der Waals surface area contributed by atoms with Gasteiger partial charge in [0.15, 0.2) is 0 Å². The van der Waals surface area contributed by atoms with Crippen LogP contribution in [0.15, 0.2) is 72.8 Å². The van der Waals surface area contributed by atoms with Gasteiger partial charge in [-0.2, -0.15) is 11.8 Å². The third-order valence-electron chi connectivity index (χ3n) is 5.26. The fourth-order valence-electron chi connectivity index (χ4n) is 3.76. The zero-order valence-electron chi connectivity index (χ0n) is 16.6. The molecule has 0 atom stereocenters. The Kier molecular flexibility index (Phi) is 6.20. The van der Waals surface area contributed by atoms with Crippen LogP contribution in [-0.2, 0) is 30.9 Å². The number of carbonyl (C=O) groups is 1. The maximum Gasteiger partial charge on any atom is 0.410 e. The first-order chi connectivity index (χ1) is 14.2. The standard InChI is InChI=1S/C25H25NO2S/c1-29-13-12-20-14-22-16-26(25(27)28-18-19-8-4-2-5-9-19)17-24(22)23(15-20)21-10-6-3-7-11-21/h2-11,14-15H,12-13,16-18H2,1H3. The highest BCUT2D eigenvalue weighted by molar-refractivity contribution is 7.98. The molecule has 0 unspecified atom stereocenters. The molecule has 0 fully saturated rings. The van der Waals surface area contributed by atoms with E-state index in [2.05, 4.69) is 42.7 Å². The average molecular weight is 404 g/mol. The second kappa shape index (κ2) is 9.19. The molecule has 0 N–H and O–H groups in total. The molecule has 1 aliphatic heterocycles. The normalized spacial score (nSPS) is 12.7. The molecule has 3 aromatic carbocycles. The summed E-state index contributed by atoms with van der Waals surface area (Å²) in [5.41, 5.74) is 7.24. The lowest BCUT2D eigenvalue weighted by molar-refractivity contribution is 0.0955. The summed E-state index contributed by atoms with van der Waals surface area (Å²) in [5.74, 6) is 1.09. The first kappa shape index (κ1) is 19.6. The summed E-state index contributed by atoms with van der Waals surface area (Å²) in [6.07, 6.45) is 2.91. The van der Waals surface area contributed by atoms with Crippen LogP contribution in [0.4, 0.5) is 4.79 Å². The lowest BCUT2D eigenvalue weighted by Crippen LogP contribution is -2.26. The third-order valence-corrected chi connectivity index (χ3v) is 5.87. The molecule has 0 saturated carbocycles. The number of aryl methyl sites for hydroxylation is 1. The Morgan fingerprint density at radius 3 is 2.41 bits per heavy atom. The summed E-state index contributed by atoms with van der Waals surface area (Å²) in [6, 6.07) is 24.8. The third kappa shape index (κ3) is 4.65. The highest BCUT2D eigenvalue weighted by Gasteiger charge is 2.27. The van der Waals surface area contributed by atoms with Gasteiger partial charge in [0.25, 0.3) is 0 Å². The van der Waals surface area contributed by atoms with E-state index in [9.17, 15) is 4.79 Å². The monoisotopic (exact) mass is 403 g/mol. The molecule has 0 aliphatic carbocycles. The SMILES string of the molecule is CSCCc1cc2c(c(-c3ccccc3)c1)CN(C(=O)OCc1ccccc1)C2. The molecular weight excluding hydrogens is 378 g/mol. The van der Waals surface area contributed by atoms with Crippen LogP contribution in [-0.4, -0.2) is 23.0 Å². The van der Waals surface area contributed by atoms with Gasteiger partial charge in [0.05, 0.1) is 6.54 Å². The van der Waals surface area contributed by atoms with E-state index >= 15 is 0 Å². The van der Waals surface area contributed by atoms with Crippen molar-refractivity contribution in [3.8, 4) is 11.1 Å². The number of thioether (sulfide) groups is 1. The lowest BCUT2D eigenvalue weighted by Gasteiger charge is -2.15. The number of ether oxygens (including phenoxy) is 1. The van der Waals surface area contributed by atoms with Gasteiger partial charge in [-0.05, 0) is 51.8 Å². The predicted molar refractivity (Wildman–Crippen MR) is 120 cm³/mol. The van der Waals surface area contributed by atoms with Crippen molar-refractivity contribution in [2.75, 3.05) is 12.0 Å². The van der Waals surface area contributed by atoms with Crippen molar-refractivity contribution in [3.63, 3.8) is 0 Å². The summed E-state index contributed by atoms with van der Waals surface area (Å²) in [7, 11) is 0. The fourth-order valence-corrected chi connectivity index (χ4v) is 4.20. The molecule has 0 bridgehead atoms. The maximum absolute atomic E-state index is 12.7. The van der Waals surface area contributed by atoms with Gasteiger partial charge in [-0.15, -0.1) is 0 Å². The van der Waals surface area contributed by atoms with Crippen LogP contribution in [0.2, 0.25) is 0 Å². The van der Waals surface area contributed by atoms with E-state index in [1.54, 1.807) is 4.90 Å². The molecule has 29 heavy (non-hydrogen) atoms. The molecule has 1 aliphatic rings. The van der Waals surface area contributed by atoms with Gasteiger partial charge >= 0.3 is 6.09 Å². The van der Waals surface area contributed by atoms with Crippen molar-refractivity contribution in [3.05, 3.63) is 95.1 Å². The first-order valence-corrected chi connectivity index (χ1v) is 11.3. The highest BCUT2D eigenvalue weighted by atomic mass is 32.2. The minimum Gasteiger partial charge on any atom is -0.445 e. The van der Waals surface area contributed by atoms with Crippen molar-refractivity contribution >= 4 is 17.9 Å². The summed E-state index contributed by atoms with van der Waals surface area (Å²) in [5, 5.41) is 0. The zero-order valence-corrected chi connectivity index (χ0v) is 17.5. The number of benzene rings is 3. The Morgan fingerprint density at radius 1 is 0.966 bits per heavy atom. The van der Waals surface area contributed by atoms with Crippen molar-refractivity contribution in [2.45, 2.75) is 26.1 Å². The van der Waals surface area contributed by atoms with Gasteiger partial charge in [-0.25, -0.2) is 4.79 Å². The van der Waals surface area contributed by atoms with Gasteiger partial charge in [-0.1, -0.05) is 72.8 Å². The predicted octanol–water partition coefficient (Wildman–Crippen LogP) is 5.91. The van der Waals surface area contributed by atoms with E-state index in [1.165, 1.54) is 27.8 Å². The highest BCUT2D eigenvalue weighted by Crippen LogP contribution is 2.34. The van der Waals surface area contributed by atoms with E-state index in [-0.39, 0.29) is 6.09 Å². The molecular formula is C25H25NO2S. The Labute approximate surface area is 176 Å². The molecule has 1 heterocycles. The number of hydrogen-bond donors (Lipinski definition) is 0. The van der Waals surface area contributed by atoms with E-state index in [4.69, 9.17) is 4.74 Å². The van der Waals surface area contributed by atoms with Crippen LogP contribution >= 0.6 is 11.8 Å². The molecule has 0 radical (unpaired) electrons. The van der Waals surface area contributed by atoms with Gasteiger partial charge in [0.1, 0.15) is 6.61 Å². The second-order valence-electron chi connectivity index (χ2n) is 7.29. The number of hydrogen-bond acceptors (Lipinski definition) is 3. The van der Waals surface area contributed by atoms with Gasteiger partial charge in [-0.3, -0.25) is 4.90 Å². The van der Waals surface area contributed by atoms with Crippen LogP contribution in [0.25, 0.3) is 11.1 Å². The van der Waals surface area contributed by atoms with E-state index in [0.717, 1.165) is 17.7 Å². The Morgan fingerprint density at radius 2 is 1.69 bits per heavy atom. The summed E-state index contributed by atoms with van der Waals surface area (Å²) in [6.45, 7) is 1.50. The van der Waals surface area contributed by atoms with Crippen molar-refractivity contribution in [2.24, 2.45) is 0 Å². The number of nitrogens with zero attached hydrogens (tertiary/aromatic N) is 1. The minimum atomic E-state index is -0.255. The zero-order chi connectivity index (χ0) is 20.1. The molecule has 0 saturated heterocycles. The van der Waals surface area contributed by atoms with Crippen LogP contribution in [0.1, 0.15) is 22.3 Å². The minimum absolute atomic E-state index is 0.255. The molecule has 1 amide bonds. The average Bonchev–Trinajstić information content (AvgIpc) is 3.21. The van der Waals surface area contributed by atoms with Crippen LogP contribution in [0, 0.1) is 0 Å². The van der Waals surface area contributed by atoms with Gasteiger partial charge < -0.3 is 4.74 Å². The van der Waals surface area contributed by atoms with Crippen LogP contribution in [0.3, 0.4) is 0 Å². The second-order valence-corrected chi connectivity index (χ2v) is 8.27. The van der Waals surface area contributed by atoms with Crippen molar-refractivity contribution < 1.29 is 9.53 Å². The molecule has 4 heteroatoms. The first-order valence-electron chi connectivity index (χ1n) is 9.89. The van der Waals surface area contributed by atoms with Gasteiger partial charge in [0, 0.05) is 6.54 Å². The number of amides is 1. The largest absolute Gasteiger partial charge is 0.445 e. The topological polar surface area (TPSA) is 29.5 Å². The van der Waals surface area contributed by atoms with Crippen LogP contribution < -0.4 is 0 Å². The fraction of sp³-hybridized carbons (Fsp3) is 0.240. The summed E-state index contributed by atoms with van der Waals surface area (Å²) < 4.78 is 5.57. The number of carbonyl (C=O) groups excluding carboxylic acids is 1. The van der Waals surface area contributed by atoms with E-state index in [0.29, 0.717) is 19.7 Å². The smallest absolute Gasteiger partial charge is 0.410 e. The maximum atomic E-state index is 12.7. The van der Waals surface area contributed by atoms with E-state index in [1.807, 2.05) is 48.2 Å². The summed E-state index contributed by atoms with van der Waals surface area (Å²) >= 11 is 1.86. The van der Waals surface area contributed by atoms with Crippen molar-refractivity contribution in [1.29, 1.82) is 0 Å². The Hall–Kier alpha value is -2.72. The molecule has 3 aromatic rings. The molecule has 3 nitrogen and oxygen atoms in total. The molecule has 4 rings (SSSR count). The Bertz CT molecular complexity index is 973. The molecule has 148 valence electrons.